The van der Waals surface area contributed by atoms with Gasteiger partial charge in [-0.25, -0.2) is 4.79 Å². The van der Waals surface area contributed by atoms with Crippen LogP contribution in [-0.4, -0.2) is 32.0 Å². The molecule has 0 spiro atoms. The van der Waals surface area contributed by atoms with Crippen molar-refractivity contribution in [1.82, 2.24) is 0 Å². The van der Waals surface area contributed by atoms with E-state index in [1.165, 1.54) is 0 Å². The topological polar surface area (TPSA) is 57.1 Å². The summed E-state index contributed by atoms with van der Waals surface area (Å²) in [6.45, 7) is 6.00. The van der Waals surface area contributed by atoms with E-state index in [2.05, 4.69) is 18.8 Å². The largest absolute Gasteiger partial charge is 0.494 e. The first-order valence-corrected chi connectivity index (χ1v) is 15.4. The zero-order chi connectivity index (χ0) is 30.3. The van der Waals surface area contributed by atoms with Crippen LogP contribution in [0.5, 0.6) is 11.5 Å². The van der Waals surface area contributed by atoms with Gasteiger partial charge in [-0.2, -0.15) is 0 Å². The number of carbonyl (C=O) groups excluding carboxylic acids is 1. The maximum Gasteiger partial charge on any atom is 0.338 e. The lowest BCUT2D eigenvalue weighted by atomic mass is 10.0. The second-order valence-electron chi connectivity index (χ2n) is 10.6. The van der Waals surface area contributed by atoms with Crippen molar-refractivity contribution in [3.05, 3.63) is 113 Å². The number of benzene rings is 4. The summed E-state index contributed by atoms with van der Waals surface area (Å²) < 4.78 is 17.2. The van der Waals surface area contributed by atoms with E-state index in [4.69, 9.17) is 25.8 Å². The fourth-order valence-electron chi connectivity index (χ4n) is 4.23. The average molecular weight is 598 g/mol. The van der Waals surface area contributed by atoms with Gasteiger partial charge in [0.05, 0.1) is 31.1 Å². The van der Waals surface area contributed by atoms with Crippen LogP contribution in [0.3, 0.4) is 0 Å². The Morgan fingerprint density at radius 2 is 1.28 bits per heavy atom. The molecule has 4 rings (SSSR count). The molecule has 224 valence electrons. The average Bonchev–Trinajstić information content (AvgIpc) is 3.05. The molecule has 4 aromatic carbocycles. The number of hydrogen-bond acceptors (Lipinski definition) is 5. The lowest BCUT2D eigenvalue weighted by molar-refractivity contribution is 0.0447. The van der Waals surface area contributed by atoms with Crippen LogP contribution in [0.15, 0.2) is 102 Å². The van der Waals surface area contributed by atoms with Gasteiger partial charge in [-0.15, -0.1) is 0 Å². The van der Waals surface area contributed by atoms with Crippen LogP contribution in [-0.2, 0) is 4.74 Å². The second kappa shape index (κ2) is 17.1. The summed E-state index contributed by atoms with van der Waals surface area (Å²) >= 11 is 5.92. The van der Waals surface area contributed by atoms with E-state index in [9.17, 15) is 4.79 Å². The maximum absolute atomic E-state index is 12.2. The van der Waals surface area contributed by atoms with Crippen molar-refractivity contribution in [2.75, 3.05) is 19.8 Å². The van der Waals surface area contributed by atoms with E-state index >= 15 is 0 Å². The highest BCUT2D eigenvalue weighted by Gasteiger charge is 2.09. The predicted octanol–water partition coefficient (Wildman–Crippen LogP) is 9.98. The SMILES string of the molecule is CCC(C)COC(=O)c1ccc(-c2ccc(OCCCCCCOc3ccc(C=Nc4ccc(Cl)cc4)cc3)cc2)cc1. The molecule has 0 N–H and O–H groups in total. The van der Waals surface area contributed by atoms with E-state index in [1.54, 1.807) is 0 Å². The van der Waals surface area contributed by atoms with Gasteiger partial charge in [0.25, 0.3) is 0 Å². The smallest absolute Gasteiger partial charge is 0.338 e. The monoisotopic (exact) mass is 597 g/mol. The van der Waals surface area contributed by atoms with E-state index in [0.717, 1.165) is 66.0 Å². The van der Waals surface area contributed by atoms with E-state index in [1.807, 2.05) is 103 Å². The summed E-state index contributed by atoms with van der Waals surface area (Å²) in [7, 11) is 0. The van der Waals surface area contributed by atoms with Gasteiger partial charge >= 0.3 is 5.97 Å². The van der Waals surface area contributed by atoms with Crippen molar-refractivity contribution >= 4 is 29.5 Å². The first-order valence-electron chi connectivity index (χ1n) is 15.0. The fraction of sp³-hybridized carbons (Fsp3) is 0.297. The van der Waals surface area contributed by atoms with Crippen molar-refractivity contribution in [2.45, 2.75) is 46.0 Å². The summed E-state index contributed by atoms with van der Waals surface area (Å²) in [5, 5.41) is 0.703. The Kier molecular flexibility index (Phi) is 12.7. The van der Waals surface area contributed by atoms with Crippen LogP contribution < -0.4 is 9.47 Å². The molecular weight excluding hydrogens is 558 g/mol. The lowest BCUT2D eigenvalue weighted by Crippen LogP contribution is -2.11. The summed E-state index contributed by atoms with van der Waals surface area (Å²) in [5.41, 5.74) is 4.58. The summed E-state index contributed by atoms with van der Waals surface area (Å²) in [6, 6.07) is 31.0. The van der Waals surface area contributed by atoms with E-state index < -0.39 is 0 Å². The Bertz CT molecular complexity index is 1420. The number of rotatable bonds is 16. The summed E-state index contributed by atoms with van der Waals surface area (Å²) in [5.74, 6) is 1.82. The molecule has 1 unspecified atom stereocenters. The van der Waals surface area contributed by atoms with Gasteiger partial charge < -0.3 is 14.2 Å². The van der Waals surface area contributed by atoms with Gasteiger partial charge in [0.2, 0.25) is 0 Å². The number of nitrogens with zero attached hydrogens (tertiary/aromatic N) is 1. The fourth-order valence-corrected chi connectivity index (χ4v) is 4.35. The second-order valence-corrected chi connectivity index (χ2v) is 11.1. The Morgan fingerprint density at radius 1 is 0.744 bits per heavy atom. The number of halogens is 1. The zero-order valence-electron chi connectivity index (χ0n) is 25.0. The molecule has 0 aliphatic carbocycles. The number of unbranched alkanes of at least 4 members (excludes halogenated alkanes) is 3. The third kappa shape index (κ3) is 10.9. The Hall–Kier alpha value is -4.09. The van der Waals surface area contributed by atoms with Crippen LogP contribution in [0.1, 0.15) is 61.9 Å². The van der Waals surface area contributed by atoms with Crippen LogP contribution >= 0.6 is 11.6 Å². The molecule has 0 aliphatic rings. The van der Waals surface area contributed by atoms with E-state index in [-0.39, 0.29) is 5.97 Å². The third-order valence-electron chi connectivity index (χ3n) is 7.15. The molecule has 0 radical (unpaired) electrons. The zero-order valence-corrected chi connectivity index (χ0v) is 25.8. The minimum absolute atomic E-state index is 0.272. The quantitative estimate of drug-likeness (QED) is 0.0732. The summed E-state index contributed by atoms with van der Waals surface area (Å²) in [4.78, 5) is 16.7. The van der Waals surface area contributed by atoms with Crippen molar-refractivity contribution in [2.24, 2.45) is 10.9 Å². The van der Waals surface area contributed by atoms with Crippen LogP contribution in [0.4, 0.5) is 5.69 Å². The van der Waals surface area contributed by atoms with Gasteiger partial charge in [0, 0.05) is 11.2 Å². The number of esters is 1. The minimum atomic E-state index is -0.272. The van der Waals surface area contributed by atoms with Crippen molar-refractivity contribution in [3.8, 4) is 22.6 Å². The molecule has 0 heterocycles. The lowest BCUT2D eigenvalue weighted by Gasteiger charge is -2.10. The molecule has 4 aromatic rings. The molecule has 0 aliphatic heterocycles. The van der Waals surface area contributed by atoms with Gasteiger partial charge in [-0.05, 0) is 121 Å². The molecule has 0 amide bonds. The van der Waals surface area contributed by atoms with Gasteiger partial charge in [0.15, 0.2) is 0 Å². The number of ether oxygens (including phenoxy) is 3. The minimum Gasteiger partial charge on any atom is -0.494 e. The Morgan fingerprint density at radius 3 is 1.84 bits per heavy atom. The molecule has 0 aromatic heterocycles. The molecule has 0 saturated carbocycles. The standard InChI is InChI=1S/C37H40ClNO4/c1-3-28(2)27-43-37(40)32-12-10-30(11-13-32)31-14-22-36(23-15-31)42-25-7-5-4-6-24-41-35-20-8-29(9-21-35)26-39-34-18-16-33(38)17-19-34/h8-23,26,28H,3-7,24-25,27H2,1-2H3. The summed E-state index contributed by atoms with van der Waals surface area (Å²) in [6.07, 6.45) is 7.01. The van der Waals surface area contributed by atoms with Gasteiger partial charge in [0.1, 0.15) is 11.5 Å². The number of aliphatic imine (C=N–C) groups is 1. The molecule has 0 fully saturated rings. The maximum atomic E-state index is 12.2. The van der Waals surface area contributed by atoms with Crippen LogP contribution in [0, 0.1) is 5.92 Å². The third-order valence-corrected chi connectivity index (χ3v) is 7.40. The van der Waals surface area contributed by atoms with Crippen molar-refractivity contribution in [1.29, 1.82) is 0 Å². The molecule has 0 bridgehead atoms. The predicted molar refractivity (Wildman–Crippen MR) is 176 cm³/mol. The van der Waals surface area contributed by atoms with Gasteiger partial charge in [-0.1, -0.05) is 56.1 Å². The molecule has 0 saturated heterocycles. The van der Waals surface area contributed by atoms with Crippen LogP contribution in [0.2, 0.25) is 5.02 Å². The first-order chi connectivity index (χ1) is 21.0. The molecule has 6 heteroatoms. The molecule has 43 heavy (non-hydrogen) atoms. The van der Waals surface area contributed by atoms with E-state index in [0.29, 0.717) is 36.3 Å². The first kappa shape index (κ1) is 31.8. The van der Waals surface area contributed by atoms with Gasteiger partial charge in [-0.3, -0.25) is 4.99 Å². The highest BCUT2D eigenvalue weighted by atomic mass is 35.5. The number of hydrogen-bond donors (Lipinski definition) is 0. The number of carbonyl (C=O) groups is 1. The molecular formula is C37H40ClNO4. The van der Waals surface area contributed by atoms with Crippen molar-refractivity contribution < 1.29 is 19.0 Å². The highest BCUT2D eigenvalue weighted by molar-refractivity contribution is 6.30. The normalized spacial score (nSPS) is 11.8. The highest BCUT2D eigenvalue weighted by Crippen LogP contribution is 2.24. The molecule has 1 atom stereocenters. The Balaban J connectivity index is 1.08. The van der Waals surface area contributed by atoms with Crippen LogP contribution in [0.25, 0.3) is 11.1 Å². The molecule has 5 nitrogen and oxygen atoms in total. The van der Waals surface area contributed by atoms with Crippen molar-refractivity contribution in [3.63, 3.8) is 0 Å². The Labute approximate surface area is 260 Å².